The number of rotatable bonds is 6. The van der Waals surface area contributed by atoms with Gasteiger partial charge in [-0.3, -0.25) is 0 Å². The Kier molecular flexibility index (Phi) is 6.01. The second-order valence-corrected chi connectivity index (χ2v) is 8.95. The standard InChI is InChI=1S/C23H19NO4S2/c1-14-3-8-20-17(10-22(25)28-21(20)9-14)11-27-23(26)16-4-6-19(7-5-16)30-13-18-12-29-15(2)24-18/h3-10,12H,11,13H2,1-2H3. The number of fused-ring (bicyclic) bond motifs is 1. The van der Waals surface area contributed by atoms with Crippen LogP contribution in [0, 0.1) is 13.8 Å². The molecule has 7 heteroatoms. The van der Waals surface area contributed by atoms with Crippen LogP contribution in [-0.2, 0) is 17.1 Å². The van der Waals surface area contributed by atoms with Gasteiger partial charge in [-0.15, -0.1) is 23.1 Å². The van der Waals surface area contributed by atoms with Crippen molar-refractivity contribution >= 4 is 40.0 Å². The van der Waals surface area contributed by atoms with Crippen LogP contribution in [0.25, 0.3) is 11.0 Å². The summed E-state index contributed by atoms with van der Waals surface area (Å²) in [5.41, 5.74) is 3.16. The number of hydrogen-bond donors (Lipinski definition) is 0. The molecule has 0 atom stereocenters. The summed E-state index contributed by atoms with van der Waals surface area (Å²) in [5, 5.41) is 3.88. The summed E-state index contributed by atoms with van der Waals surface area (Å²) in [6, 6.07) is 14.3. The number of carbonyl (C=O) groups excluding carboxylic acids is 1. The quantitative estimate of drug-likeness (QED) is 0.225. The van der Waals surface area contributed by atoms with Crippen molar-refractivity contribution < 1.29 is 13.9 Å². The molecule has 2 heterocycles. The number of hydrogen-bond acceptors (Lipinski definition) is 7. The third-order valence-corrected chi connectivity index (χ3v) is 6.36. The van der Waals surface area contributed by atoms with Gasteiger partial charge in [0.05, 0.1) is 16.3 Å². The minimum absolute atomic E-state index is 0.00364. The Morgan fingerprint density at radius 3 is 2.67 bits per heavy atom. The zero-order valence-corrected chi connectivity index (χ0v) is 18.1. The molecule has 0 saturated heterocycles. The highest BCUT2D eigenvalue weighted by Crippen LogP contribution is 2.24. The van der Waals surface area contributed by atoms with Gasteiger partial charge >= 0.3 is 11.6 Å². The Balaban J connectivity index is 1.41. The number of ether oxygens (including phenoxy) is 1. The number of aromatic nitrogens is 1. The van der Waals surface area contributed by atoms with E-state index in [1.165, 1.54) is 6.07 Å². The smallest absolute Gasteiger partial charge is 0.338 e. The summed E-state index contributed by atoms with van der Waals surface area (Å²) >= 11 is 3.31. The van der Waals surface area contributed by atoms with Crippen molar-refractivity contribution in [2.24, 2.45) is 0 Å². The van der Waals surface area contributed by atoms with Crippen molar-refractivity contribution in [3.05, 3.63) is 91.7 Å². The zero-order valence-electron chi connectivity index (χ0n) is 16.5. The van der Waals surface area contributed by atoms with E-state index in [9.17, 15) is 9.59 Å². The fraction of sp³-hybridized carbons (Fsp3) is 0.174. The van der Waals surface area contributed by atoms with E-state index in [0.717, 1.165) is 32.3 Å². The van der Waals surface area contributed by atoms with Crippen molar-refractivity contribution in [2.45, 2.75) is 31.1 Å². The number of esters is 1. The van der Waals surface area contributed by atoms with Crippen LogP contribution in [0.5, 0.6) is 0 Å². The van der Waals surface area contributed by atoms with Crippen LogP contribution in [0.3, 0.4) is 0 Å². The van der Waals surface area contributed by atoms with E-state index in [2.05, 4.69) is 10.4 Å². The van der Waals surface area contributed by atoms with Gasteiger partial charge in [0, 0.05) is 33.0 Å². The summed E-state index contributed by atoms with van der Waals surface area (Å²) in [5.74, 6) is 0.354. The number of carbonyl (C=O) groups is 1. The number of thioether (sulfide) groups is 1. The molecule has 0 spiro atoms. The van der Waals surface area contributed by atoms with E-state index >= 15 is 0 Å². The van der Waals surface area contributed by atoms with E-state index in [1.807, 2.05) is 38.1 Å². The van der Waals surface area contributed by atoms with Crippen molar-refractivity contribution in [3.63, 3.8) is 0 Å². The van der Waals surface area contributed by atoms with Gasteiger partial charge in [0.2, 0.25) is 0 Å². The molecule has 4 rings (SSSR count). The first kappa shape index (κ1) is 20.4. The van der Waals surface area contributed by atoms with E-state index in [1.54, 1.807) is 41.3 Å². The van der Waals surface area contributed by atoms with Gasteiger partial charge in [0.15, 0.2) is 0 Å². The highest BCUT2D eigenvalue weighted by molar-refractivity contribution is 7.98. The second kappa shape index (κ2) is 8.85. The van der Waals surface area contributed by atoms with E-state index in [0.29, 0.717) is 16.7 Å². The molecule has 0 N–H and O–H groups in total. The lowest BCUT2D eigenvalue weighted by molar-refractivity contribution is 0.0473. The maximum absolute atomic E-state index is 12.4. The molecule has 0 saturated carbocycles. The second-order valence-electron chi connectivity index (χ2n) is 6.84. The molecule has 0 bridgehead atoms. The molecular formula is C23H19NO4S2. The SMILES string of the molecule is Cc1ccc2c(COC(=O)c3ccc(SCc4csc(C)n4)cc3)cc(=O)oc2c1. The van der Waals surface area contributed by atoms with Gasteiger partial charge in [0.25, 0.3) is 0 Å². The fourth-order valence-electron chi connectivity index (χ4n) is 3.00. The maximum atomic E-state index is 12.4. The monoisotopic (exact) mass is 437 g/mol. The molecule has 30 heavy (non-hydrogen) atoms. The minimum atomic E-state index is -0.462. The van der Waals surface area contributed by atoms with Crippen LogP contribution in [-0.4, -0.2) is 11.0 Å². The molecule has 152 valence electrons. The number of benzene rings is 2. The van der Waals surface area contributed by atoms with Gasteiger partial charge < -0.3 is 9.15 Å². The minimum Gasteiger partial charge on any atom is -0.457 e. The van der Waals surface area contributed by atoms with Crippen LogP contribution < -0.4 is 5.63 Å². The molecule has 0 radical (unpaired) electrons. The van der Waals surface area contributed by atoms with Gasteiger partial charge in [-0.05, 0) is 49.7 Å². The third-order valence-electron chi connectivity index (χ3n) is 4.49. The van der Waals surface area contributed by atoms with E-state index < -0.39 is 11.6 Å². The molecule has 2 aromatic heterocycles. The van der Waals surface area contributed by atoms with Crippen molar-refractivity contribution in [1.29, 1.82) is 0 Å². The molecule has 0 amide bonds. The van der Waals surface area contributed by atoms with Crippen LogP contribution in [0.2, 0.25) is 0 Å². The number of nitrogens with zero attached hydrogens (tertiary/aromatic N) is 1. The predicted octanol–water partition coefficient (Wildman–Crippen LogP) is 5.52. The summed E-state index contributed by atoms with van der Waals surface area (Å²) in [7, 11) is 0. The third kappa shape index (κ3) is 4.80. The van der Waals surface area contributed by atoms with Gasteiger partial charge in [-0.2, -0.15) is 0 Å². The first-order chi connectivity index (χ1) is 14.5. The molecule has 2 aromatic carbocycles. The van der Waals surface area contributed by atoms with Crippen LogP contribution in [0.15, 0.2) is 68.0 Å². The van der Waals surface area contributed by atoms with Gasteiger partial charge in [-0.1, -0.05) is 12.1 Å². The highest BCUT2D eigenvalue weighted by Gasteiger charge is 2.11. The average molecular weight is 438 g/mol. The summed E-state index contributed by atoms with van der Waals surface area (Å²) in [6.45, 7) is 3.92. The summed E-state index contributed by atoms with van der Waals surface area (Å²) < 4.78 is 10.7. The lowest BCUT2D eigenvalue weighted by Gasteiger charge is -2.08. The van der Waals surface area contributed by atoms with Gasteiger partial charge in [-0.25, -0.2) is 14.6 Å². The fourth-order valence-corrected chi connectivity index (χ4v) is 4.51. The van der Waals surface area contributed by atoms with Crippen LogP contribution in [0.1, 0.15) is 32.2 Å². The van der Waals surface area contributed by atoms with Crippen molar-refractivity contribution in [3.8, 4) is 0 Å². The first-order valence-corrected chi connectivity index (χ1v) is 11.2. The maximum Gasteiger partial charge on any atom is 0.338 e. The normalized spacial score (nSPS) is 11.0. The molecule has 5 nitrogen and oxygen atoms in total. The first-order valence-electron chi connectivity index (χ1n) is 9.32. The molecule has 4 aromatic rings. The number of aryl methyl sites for hydroxylation is 2. The number of thiazole rings is 1. The molecule has 0 aliphatic carbocycles. The molecular weight excluding hydrogens is 418 g/mol. The zero-order chi connectivity index (χ0) is 21.1. The Hall–Kier alpha value is -2.90. The van der Waals surface area contributed by atoms with Gasteiger partial charge in [0.1, 0.15) is 12.2 Å². The average Bonchev–Trinajstić information content (AvgIpc) is 3.15. The Morgan fingerprint density at radius 2 is 1.93 bits per heavy atom. The molecule has 0 aliphatic heterocycles. The van der Waals surface area contributed by atoms with Crippen LogP contribution >= 0.6 is 23.1 Å². The molecule has 0 fully saturated rings. The summed E-state index contributed by atoms with van der Waals surface area (Å²) in [4.78, 5) is 29.8. The highest BCUT2D eigenvalue weighted by atomic mass is 32.2. The topological polar surface area (TPSA) is 69.4 Å². The largest absolute Gasteiger partial charge is 0.457 e. The van der Waals surface area contributed by atoms with Crippen LogP contribution in [0.4, 0.5) is 0 Å². The lowest BCUT2D eigenvalue weighted by atomic mass is 10.1. The molecule has 0 aliphatic rings. The Bertz CT molecular complexity index is 1260. The van der Waals surface area contributed by atoms with Crippen molar-refractivity contribution in [2.75, 3.05) is 0 Å². The lowest BCUT2D eigenvalue weighted by Crippen LogP contribution is -2.08. The predicted molar refractivity (Wildman–Crippen MR) is 119 cm³/mol. The van der Waals surface area contributed by atoms with E-state index in [4.69, 9.17) is 9.15 Å². The summed E-state index contributed by atoms with van der Waals surface area (Å²) in [6.07, 6.45) is 0. The molecule has 0 unspecified atom stereocenters. The van der Waals surface area contributed by atoms with E-state index in [-0.39, 0.29) is 6.61 Å². The Morgan fingerprint density at radius 1 is 1.13 bits per heavy atom. The Labute approximate surface area is 181 Å². The van der Waals surface area contributed by atoms with Crippen molar-refractivity contribution in [1.82, 2.24) is 4.98 Å².